The molecular formula is C16H22FN3. The summed E-state index contributed by atoms with van der Waals surface area (Å²) in [6, 6.07) is 7.00. The van der Waals surface area contributed by atoms with E-state index in [0.717, 1.165) is 23.4 Å². The molecule has 1 heterocycles. The van der Waals surface area contributed by atoms with E-state index in [4.69, 9.17) is 0 Å². The van der Waals surface area contributed by atoms with Crippen LogP contribution >= 0.6 is 0 Å². The van der Waals surface area contributed by atoms with E-state index in [0.29, 0.717) is 12.6 Å². The van der Waals surface area contributed by atoms with Crippen molar-refractivity contribution in [2.75, 3.05) is 7.05 Å². The Morgan fingerprint density at radius 3 is 2.70 bits per heavy atom. The highest BCUT2D eigenvalue weighted by molar-refractivity contribution is 5.29. The van der Waals surface area contributed by atoms with E-state index in [1.54, 1.807) is 12.1 Å². The first-order valence-corrected chi connectivity index (χ1v) is 7.02. The van der Waals surface area contributed by atoms with Gasteiger partial charge in [0, 0.05) is 17.3 Å². The first-order valence-electron chi connectivity index (χ1n) is 7.02. The summed E-state index contributed by atoms with van der Waals surface area (Å²) < 4.78 is 15.2. The molecular weight excluding hydrogens is 253 g/mol. The number of benzene rings is 1. The summed E-state index contributed by atoms with van der Waals surface area (Å²) in [6.45, 7) is 6.87. The number of halogens is 1. The second-order valence-corrected chi connectivity index (χ2v) is 5.12. The maximum atomic E-state index is 13.3. The molecule has 3 nitrogen and oxygen atoms in total. The largest absolute Gasteiger partial charge is 0.313 e. The second kappa shape index (κ2) is 6.18. The number of aromatic nitrogens is 2. The van der Waals surface area contributed by atoms with Crippen LogP contribution < -0.4 is 5.32 Å². The Hall–Kier alpha value is -1.68. The molecule has 0 bridgehead atoms. The Bertz CT molecular complexity index is 585. The van der Waals surface area contributed by atoms with Crippen LogP contribution in [0.2, 0.25) is 0 Å². The van der Waals surface area contributed by atoms with Crippen LogP contribution in [0.3, 0.4) is 0 Å². The Kier molecular flexibility index (Phi) is 4.55. The smallest absolute Gasteiger partial charge is 0.123 e. The lowest BCUT2D eigenvalue weighted by Crippen LogP contribution is -2.17. The minimum absolute atomic E-state index is 0.203. The lowest BCUT2D eigenvalue weighted by atomic mass is 10.0. The van der Waals surface area contributed by atoms with E-state index < -0.39 is 0 Å². The van der Waals surface area contributed by atoms with E-state index in [2.05, 4.69) is 24.3 Å². The Labute approximate surface area is 119 Å². The van der Waals surface area contributed by atoms with Crippen LogP contribution in [-0.2, 0) is 6.54 Å². The van der Waals surface area contributed by atoms with Gasteiger partial charge in [0.15, 0.2) is 0 Å². The molecule has 0 amide bonds. The fourth-order valence-corrected chi connectivity index (χ4v) is 2.73. The zero-order valence-electron chi connectivity index (χ0n) is 12.6. The fraction of sp³-hybridized carbons (Fsp3) is 0.438. The summed E-state index contributed by atoms with van der Waals surface area (Å²) in [4.78, 5) is 0. The Morgan fingerprint density at radius 2 is 2.10 bits per heavy atom. The number of nitrogens with zero attached hydrogens (tertiary/aromatic N) is 2. The summed E-state index contributed by atoms with van der Waals surface area (Å²) in [6.07, 6.45) is 1.02. The van der Waals surface area contributed by atoms with E-state index in [-0.39, 0.29) is 5.82 Å². The number of aryl methyl sites for hydroxylation is 1. The third kappa shape index (κ3) is 2.90. The highest BCUT2D eigenvalue weighted by Gasteiger charge is 2.18. The molecule has 0 saturated carbocycles. The average Bonchev–Trinajstić information content (AvgIpc) is 2.68. The molecule has 1 atom stereocenters. The monoisotopic (exact) mass is 275 g/mol. The van der Waals surface area contributed by atoms with Gasteiger partial charge in [-0.25, -0.2) is 4.39 Å². The minimum atomic E-state index is -0.203. The number of rotatable bonds is 5. The predicted octanol–water partition coefficient (Wildman–Crippen LogP) is 3.36. The SMILES string of the molecule is CCC(NC)c1c(C)nn(Cc2cccc(F)c2)c1C. The van der Waals surface area contributed by atoms with Gasteiger partial charge in [-0.3, -0.25) is 4.68 Å². The van der Waals surface area contributed by atoms with Crippen molar-refractivity contribution in [3.05, 3.63) is 52.6 Å². The van der Waals surface area contributed by atoms with Gasteiger partial charge in [-0.15, -0.1) is 0 Å². The maximum absolute atomic E-state index is 13.3. The molecule has 0 fully saturated rings. The van der Waals surface area contributed by atoms with Gasteiger partial charge in [0.05, 0.1) is 12.2 Å². The number of hydrogen-bond acceptors (Lipinski definition) is 2. The zero-order chi connectivity index (χ0) is 14.7. The third-order valence-corrected chi connectivity index (χ3v) is 3.76. The molecule has 0 aliphatic rings. The quantitative estimate of drug-likeness (QED) is 0.907. The van der Waals surface area contributed by atoms with Crippen LogP contribution in [-0.4, -0.2) is 16.8 Å². The highest BCUT2D eigenvalue weighted by atomic mass is 19.1. The Balaban J connectivity index is 2.32. The predicted molar refractivity (Wildman–Crippen MR) is 79.3 cm³/mol. The average molecular weight is 275 g/mol. The third-order valence-electron chi connectivity index (χ3n) is 3.76. The molecule has 4 heteroatoms. The molecule has 1 aromatic heterocycles. The van der Waals surface area contributed by atoms with Gasteiger partial charge in [0.25, 0.3) is 0 Å². The van der Waals surface area contributed by atoms with E-state index >= 15 is 0 Å². The molecule has 0 spiro atoms. The molecule has 108 valence electrons. The normalized spacial score (nSPS) is 12.7. The van der Waals surface area contributed by atoms with Crippen molar-refractivity contribution in [1.29, 1.82) is 0 Å². The van der Waals surface area contributed by atoms with Crippen molar-refractivity contribution in [1.82, 2.24) is 15.1 Å². The van der Waals surface area contributed by atoms with Crippen molar-refractivity contribution < 1.29 is 4.39 Å². The van der Waals surface area contributed by atoms with Crippen LogP contribution in [0.1, 0.15) is 41.9 Å². The second-order valence-electron chi connectivity index (χ2n) is 5.12. The van der Waals surface area contributed by atoms with Crippen LogP contribution in [0.15, 0.2) is 24.3 Å². The van der Waals surface area contributed by atoms with Crippen LogP contribution in [0.25, 0.3) is 0 Å². The van der Waals surface area contributed by atoms with Crippen LogP contribution in [0.4, 0.5) is 4.39 Å². The minimum Gasteiger partial charge on any atom is -0.313 e. The number of nitrogens with one attached hydrogen (secondary N) is 1. The van der Waals surface area contributed by atoms with E-state index in [1.807, 2.05) is 24.7 Å². The first-order chi connectivity index (χ1) is 9.56. The molecule has 0 aliphatic heterocycles. The lowest BCUT2D eigenvalue weighted by Gasteiger charge is -2.15. The highest BCUT2D eigenvalue weighted by Crippen LogP contribution is 2.24. The fourth-order valence-electron chi connectivity index (χ4n) is 2.73. The molecule has 1 aromatic carbocycles. The van der Waals surface area contributed by atoms with Gasteiger partial charge in [-0.1, -0.05) is 19.1 Å². The number of hydrogen-bond donors (Lipinski definition) is 1. The van der Waals surface area contributed by atoms with E-state index in [9.17, 15) is 4.39 Å². The summed E-state index contributed by atoms with van der Waals surface area (Å²) in [5.41, 5.74) is 4.37. The van der Waals surface area contributed by atoms with Gasteiger partial charge < -0.3 is 5.32 Å². The summed E-state index contributed by atoms with van der Waals surface area (Å²) in [7, 11) is 1.97. The lowest BCUT2D eigenvalue weighted by molar-refractivity contribution is 0.568. The van der Waals surface area contributed by atoms with Crippen molar-refractivity contribution >= 4 is 0 Å². The van der Waals surface area contributed by atoms with E-state index in [1.165, 1.54) is 11.6 Å². The van der Waals surface area contributed by atoms with Crippen LogP contribution in [0, 0.1) is 19.7 Å². The van der Waals surface area contributed by atoms with Crippen molar-refractivity contribution in [3.8, 4) is 0 Å². The molecule has 0 radical (unpaired) electrons. The molecule has 2 aromatic rings. The first kappa shape index (κ1) is 14.7. The van der Waals surface area contributed by atoms with Crippen LogP contribution in [0.5, 0.6) is 0 Å². The van der Waals surface area contributed by atoms with Gasteiger partial charge in [0.2, 0.25) is 0 Å². The molecule has 1 unspecified atom stereocenters. The molecule has 20 heavy (non-hydrogen) atoms. The zero-order valence-corrected chi connectivity index (χ0v) is 12.6. The standard InChI is InChI=1S/C16H22FN3/c1-5-15(18-4)16-11(2)19-20(12(16)3)10-13-7-6-8-14(17)9-13/h6-9,15,18H,5,10H2,1-4H3. The van der Waals surface area contributed by atoms with Gasteiger partial charge >= 0.3 is 0 Å². The summed E-state index contributed by atoms with van der Waals surface area (Å²) >= 11 is 0. The topological polar surface area (TPSA) is 29.9 Å². The molecule has 1 N–H and O–H groups in total. The molecule has 0 saturated heterocycles. The summed E-state index contributed by atoms with van der Waals surface area (Å²) in [5.74, 6) is -0.203. The maximum Gasteiger partial charge on any atom is 0.123 e. The van der Waals surface area contributed by atoms with Gasteiger partial charge in [0.1, 0.15) is 5.82 Å². The van der Waals surface area contributed by atoms with Crippen molar-refractivity contribution in [3.63, 3.8) is 0 Å². The molecule has 0 aliphatic carbocycles. The van der Waals surface area contributed by atoms with Crippen molar-refractivity contribution in [2.24, 2.45) is 0 Å². The van der Waals surface area contributed by atoms with Crippen molar-refractivity contribution in [2.45, 2.75) is 39.8 Å². The van der Waals surface area contributed by atoms with Gasteiger partial charge in [-0.2, -0.15) is 5.10 Å². The Morgan fingerprint density at radius 1 is 1.35 bits per heavy atom. The molecule has 2 rings (SSSR count). The summed E-state index contributed by atoms with van der Waals surface area (Å²) in [5, 5.41) is 7.93. The van der Waals surface area contributed by atoms with Gasteiger partial charge in [-0.05, 0) is 45.0 Å².